The summed E-state index contributed by atoms with van der Waals surface area (Å²) in [6.45, 7) is 1.88. The zero-order valence-corrected chi connectivity index (χ0v) is 13.2. The molecule has 8 nitrogen and oxygen atoms in total. The lowest BCUT2D eigenvalue weighted by atomic mass is 10.1. The highest BCUT2D eigenvalue weighted by atomic mass is 16.5. The van der Waals surface area contributed by atoms with E-state index in [0.29, 0.717) is 11.5 Å². The fourth-order valence-electron chi connectivity index (χ4n) is 1.90. The molecular weight excluding hydrogens is 314 g/mol. The van der Waals surface area contributed by atoms with E-state index in [1.54, 1.807) is 30.3 Å². The lowest BCUT2D eigenvalue weighted by molar-refractivity contribution is -0.139. The van der Waals surface area contributed by atoms with Gasteiger partial charge in [0.1, 0.15) is 11.5 Å². The Hall–Kier alpha value is -3.29. The van der Waals surface area contributed by atoms with Crippen molar-refractivity contribution in [3.63, 3.8) is 0 Å². The number of hydrogen-bond donors (Lipinski definition) is 3. The first-order valence-corrected chi connectivity index (χ1v) is 7.07. The van der Waals surface area contributed by atoms with Crippen LogP contribution < -0.4 is 20.9 Å². The number of amides is 3. The number of carbonyl (C=O) groups excluding carboxylic acids is 3. The van der Waals surface area contributed by atoms with Gasteiger partial charge in [0.05, 0.1) is 25.5 Å². The zero-order chi connectivity index (χ0) is 17.5. The summed E-state index contributed by atoms with van der Waals surface area (Å²) in [7, 11) is 1.43. The van der Waals surface area contributed by atoms with Gasteiger partial charge in [-0.3, -0.25) is 25.2 Å². The van der Waals surface area contributed by atoms with Crippen LogP contribution in [0.2, 0.25) is 0 Å². The maximum absolute atomic E-state index is 12.1. The molecule has 24 heavy (non-hydrogen) atoms. The first kappa shape index (κ1) is 17.1. The lowest BCUT2D eigenvalue weighted by Gasteiger charge is -2.11. The summed E-state index contributed by atoms with van der Waals surface area (Å²) >= 11 is 0. The maximum atomic E-state index is 12.1. The molecule has 1 heterocycles. The van der Waals surface area contributed by atoms with Gasteiger partial charge in [-0.2, -0.15) is 0 Å². The Balaban J connectivity index is 1.87. The van der Waals surface area contributed by atoms with Crippen LogP contribution in [0.4, 0.5) is 0 Å². The number of furan rings is 1. The summed E-state index contributed by atoms with van der Waals surface area (Å²) in [6, 6.07) is 8.36. The molecule has 0 aliphatic heterocycles. The second kappa shape index (κ2) is 7.82. The monoisotopic (exact) mass is 331 g/mol. The maximum Gasteiger partial charge on any atom is 0.327 e. The van der Waals surface area contributed by atoms with Gasteiger partial charge in [-0.05, 0) is 31.2 Å². The van der Waals surface area contributed by atoms with E-state index >= 15 is 0 Å². The van der Waals surface area contributed by atoms with Gasteiger partial charge >= 0.3 is 11.8 Å². The SMILES string of the molecule is COc1ccc(C)cc1C(=O)NNC(=O)C(=O)NCc1ccco1. The summed E-state index contributed by atoms with van der Waals surface area (Å²) in [5, 5.41) is 2.36. The highest BCUT2D eigenvalue weighted by molar-refractivity contribution is 6.35. The van der Waals surface area contributed by atoms with Crippen LogP contribution in [0.3, 0.4) is 0 Å². The summed E-state index contributed by atoms with van der Waals surface area (Å²) in [5.74, 6) is -1.63. The smallest absolute Gasteiger partial charge is 0.327 e. The van der Waals surface area contributed by atoms with E-state index in [-0.39, 0.29) is 12.1 Å². The molecule has 3 N–H and O–H groups in total. The summed E-state index contributed by atoms with van der Waals surface area (Å²) in [6.07, 6.45) is 1.46. The second-order valence-corrected chi connectivity index (χ2v) is 4.87. The highest BCUT2D eigenvalue weighted by Crippen LogP contribution is 2.19. The third kappa shape index (κ3) is 4.35. The molecule has 2 rings (SSSR count). The molecule has 0 saturated carbocycles. The van der Waals surface area contributed by atoms with Crippen molar-refractivity contribution >= 4 is 17.7 Å². The Labute approximate surface area is 138 Å². The number of carbonyl (C=O) groups is 3. The molecule has 0 unspecified atom stereocenters. The zero-order valence-electron chi connectivity index (χ0n) is 13.2. The molecule has 0 bridgehead atoms. The summed E-state index contributed by atoms with van der Waals surface area (Å²) in [4.78, 5) is 35.4. The van der Waals surface area contributed by atoms with Gasteiger partial charge in [0.15, 0.2) is 0 Å². The minimum absolute atomic E-state index is 0.0684. The molecule has 8 heteroatoms. The van der Waals surface area contributed by atoms with Crippen LogP contribution >= 0.6 is 0 Å². The molecule has 0 fully saturated rings. The van der Waals surface area contributed by atoms with Crippen molar-refractivity contribution in [2.45, 2.75) is 13.5 Å². The van der Waals surface area contributed by atoms with Gasteiger partial charge in [-0.25, -0.2) is 0 Å². The molecule has 2 aromatic rings. The van der Waals surface area contributed by atoms with E-state index in [4.69, 9.17) is 9.15 Å². The number of methoxy groups -OCH3 is 1. The Kier molecular flexibility index (Phi) is 5.56. The van der Waals surface area contributed by atoms with E-state index in [1.807, 2.05) is 12.3 Å². The number of hydrogen-bond acceptors (Lipinski definition) is 5. The van der Waals surface area contributed by atoms with Crippen molar-refractivity contribution < 1.29 is 23.5 Å². The van der Waals surface area contributed by atoms with Crippen LogP contribution in [0.1, 0.15) is 21.7 Å². The minimum Gasteiger partial charge on any atom is -0.496 e. The molecule has 0 radical (unpaired) electrons. The van der Waals surface area contributed by atoms with Gasteiger partial charge in [0.2, 0.25) is 0 Å². The number of ether oxygens (including phenoxy) is 1. The Morgan fingerprint density at radius 1 is 1.12 bits per heavy atom. The van der Waals surface area contributed by atoms with Crippen LogP contribution in [-0.2, 0) is 16.1 Å². The molecule has 1 aromatic carbocycles. The minimum atomic E-state index is -0.999. The fraction of sp³-hybridized carbons (Fsp3) is 0.188. The number of benzene rings is 1. The predicted octanol–water partition coefficient (Wildman–Crippen LogP) is 0.674. The largest absolute Gasteiger partial charge is 0.496 e. The van der Waals surface area contributed by atoms with E-state index < -0.39 is 17.7 Å². The first-order chi connectivity index (χ1) is 11.5. The molecule has 0 aliphatic rings. The number of hydrazine groups is 1. The molecule has 0 spiro atoms. The molecule has 1 aromatic heterocycles. The lowest BCUT2D eigenvalue weighted by Crippen LogP contribution is -2.48. The average molecular weight is 331 g/mol. The number of aryl methyl sites for hydroxylation is 1. The number of nitrogens with one attached hydrogen (secondary N) is 3. The summed E-state index contributed by atoms with van der Waals surface area (Å²) in [5.41, 5.74) is 5.31. The molecular formula is C16H17N3O5. The van der Waals surface area contributed by atoms with Crippen molar-refractivity contribution in [2.24, 2.45) is 0 Å². The summed E-state index contributed by atoms with van der Waals surface area (Å²) < 4.78 is 10.1. The Bertz CT molecular complexity index is 740. The van der Waals surface area contributed by atoms with Gasteiger partial charge in [0.25, 0.3) is 5.91 Å². The first-order valence-electron chi connectivity index (χ1n) is 7.07. The Morgan fingerprint density at radius 2 is 1.92 bits per heavy atom. The third-order valence-electron chi connectivity index (χ3n) is 3.10. The predicted molar refractivity (Wildman–Crippen MR) is 83.9 cm³/mol. The van der Waals surface area contributed by atoms with Crippen LogP contribution in [0.25, 0.3) is 0 Å². The molecule has 0 atom stereocenters. The van der Waals surface area contributed by atoms with Crippen molar-refractivity contribution in [1.82, 2.24) is 16.2 Å². The quantitative estimate of drug-likeness (QED) is 0.563. The van der Waals surface area contributed by atoms with E-state index in [9.17, 15) is 14.4 Å². The highest BCUT2D eigenvalue weighted by Gasteiger charge is 2.17. The van der Waals surface area contributed by atoms with Gasteiger partial charge in [-0.1, -0.05) is 11.6 Å². The van der Waals surface area contributed by atoms with Crippen LogP contribution in [0.15, 0.2) is 41.0 Å². The third-order valence-corrected chi connectivity index (χ3v) is 3.10. The van der Waals surface area contributed by atoms with E-state index in [0.717, 1.165) is 5.56 Å². The van der Waals surface area contributed by atoms with Gasteiger partial charge in [0, 0.05) is 0 Å². The molecule has 126 valence electrons. The average Bonchev–Trinajstić information content (AvgIpc) is 3.10. The topological polar surface area (TPSA) is 110 Å². The second-order valence-electron chi connectivity index (χ2n) is 4.87. The fourth-order valence-corrected chi connectivity index (χ4v) is 1.90. The van der Waals surface area contributed by atoms with Gasteiger partial charge < -0.3 is 14.5 Å². The van der Waals surface area contributed by atoms with Crippen LogP contribution in [-0.4, -0.2) is 24.8 Å². The Morgan fingerprint density at radius 3 is 2.58 bits per heavy atom. The number of rotatable bonds is 4. The van der Waals surface area contributed by atoms with Crippen molar-refractivity contribution in [1.29, 1.82) is 0 Å². The van der Waals surface area contributed by atoms with Crippen molar-refractivity contribution in [3.05, 3.63) is 53.5 Å². The van der Waals surface area contributed by atoms with Crippen LogP contribution in [0, 0.1) is 6.92 Å². The van der Waals surface area contributed by atoms with E-state index in [2.05, 4.69) is 10.7 Å². The van der Waals surface area contributed by atoms with E-state index in [1.165, 1.54) is 13.4 Å². The molecule has 3 amide bonds. The van der Waals surface area contributed by atoms with Crippen molar-refractivity contribution in [2.75, 3.05) is 7.11 Å². The molecule has 0 aliphatic carbocycles. The van der Waals surface area contributed by atoms with Crippen LogP contribution in [0.5, 0.6) is 5.75 Å². The van der Waals surface area contributed by atoms with Gasteiger partial charge in [-0.15, -0.1) is 0 Å². The van der Waals surface area contributed by atoms with Crippen molar-refractivity contribution in [3.8, 4) is 5.75 Å². The molecule has 0 saturated heterocycles. The normalized spacial score (nSPS) is 9.92. The standard InChI is InChI=1S/C16H17N3O5/c1-10-5-6-13(23-2)12(8-10)14(20)18-19-16(22)15(21)17-9-11-4-3-7-24-11/h3-8H,9H2,1-2H3,(H,17,21)(H,18,20)(H,19,22).